The van der Waals surface area contributed by atoms with Crippen LogP contribution in [0.5, 0.6) is 0 Å². The summed E-state index contributed by atoms with van der Waals surface area (Å²) in [4.78, 5) is 4.65. The van der Waals surface area contributed by atoms with Crippen LogP contribution in [0.15, 0.2) is 35.7 Å². The van der Waals surface area contributed by atoms with Gasteiger partial charge >= 0.3 is 0 Å². The fourth-order valence-electron chi connectivity index (χ4n) is 1.95. The topological polar surface area (TPSA) is 45.1 Å². The highest BCUT2D eigenvalue weighted by atomic mass is 32.2. The second kappa shape index (κ2) is 7.78. The lowest BCUT2D eigenvalue weighted by Gasteiger charge is -2.20. The zero-order chi connectivity index (χ0) is 14.4. The SMILES string of the molecule is CSC(CO)C(C)NCc1nc(-c2ccccc2)cs1. The normalized spacial score (nSPS) is 14.2. The van der Waals surface area contributed by atoms with E-state index in [4.69, 9.17) is 0 Å². The van der Waals surface area contributed by atoms with Crippen LogP contribution < -0.4 is 5.32 Å². The van der Waals surface area contributed by atoms with Gasteiger partial charge in [-0.3, -0.25) is 0 Å². The van der Waals surface area contributed by atoms with E-state index in [1.807, 2.05) is 24.5 Å². The zero-order valence-corrected chi connectivity index (χ0v) is 13.4. The van der Waals surface area contributed by atoms with Gasteiger partial charge in [-0.15, -0.1) is 11.3 Å². The van der Waals surface area contributed by atoms with E-state index >= 15 is 0 Å². The van der Waals surface area contributed by atoms with Gasteiger partial charge in [0.25, 0.3) is 0 Å². The molecule has 0 saturated heterocycles. The Morgan fingerprint density at radius 2 is 2.10 bits per heavy atom. The van der Waals surface area contributed by atoms with E-state index in [0.29, 0.717) is 0 Å². The maximum atomic E-state index is 9.27. The van der Waals surface area contributed by atoms with Gasteiger partial charge in [0.1, 0.15) is 5.01 Å². The lowest BCUT2D eigenvalue weighted by Crippen LogP contribution is -2.37. The molecule has 0 aliphatic carbocycles. The van der Waals surface area contributed by atoms with Gasteiger partial charge in [-0.25, -0.2) is 4.98 Å². The molecule has 0 radical (unpaired) electrons. The quantitative estimate of drug-likeness (QED) is 0.825. The molecule has 2 aromatic rings. The summed E-state index contributed by atoms with van der Waals surface area (Å²) in [6, 6.07) is 10.5. The highest BCUT2D eigenvalue weighted by molar-refractivity contribution is 7.99. The van der Waals surface area contributed by atoms with Crippen molar-refractivity contribution < 1.29 is 5.11 Å². The van der Waals surface area contributed by atoms with E-state index in [1.165, 1.54) is 0 Å². The molecule has 108 valence electrons. The number of hydrogen-bond donors (Lipinski definition) is 2. The third-order valence-corrected chi connectivity index (χ3v) is 5.25. The third-order valence-electron chi connectivity index (χ3n) is 3.24. The van der Waals surface area contributed by atoms with E-state index < -0.39 is 0 Å². The van der Waals surface area contributed by atoms with Crippen LogP contribution in [0.2, 0.25) is 0 Å². The first kappa shape index (κ1) is 15.5. The van der Waals surface area contributed by atoms with E-state index in [-0.39, 0.29) is 17.9 Å². The Bertz CT molecular complexity index is 512. The number of aliphatic hydroxyl groups excluding tert-OH is 1. The molecule has 0 aliphatic heterocycles. The number of nitrogens with zero attached hydrogens (tertiary/aromatic N) is 1. The van der Waals surface area contributed by atoms with E-state index in [0.717, 1.165) is 22.8 Å². The van der Waals surface area contributed by atoms with Gasteiger partial charge in [0.15, 0.2) is 0 Å². The molecule has 2 atom stereocenters. The Balaban J connectivity index is 1.94. The molecule has 0 amide bonds. The Kier molecular flexibility index (Phi) is 6.04. The molecular weight excluding hydrogens is 288 g/mol. The summed E-state index contributed by atoms with van der Waals surface area (Å²) in [5.74, 6) is 0. The first-order chi connectivity index (χ1) is 9.74. The molecule has 3 nitrogen and oxygen atoms in total. The largest absolute Gasteiger partial charge is 0.395 e. The lowest BCUT2D eigenvalue weighted by molar-refractivity contribution is 0.276. The Morgan fingerprint density at radius 1 is 1.35 bits per heavy atom. The number of benzene rings is 1. The van der Waals surface area contributed by atoms with Crippen LogP contribution in [0.3, 0.4) is 0 Å². The number of aliphatic hydroxyl groups is 1. The fourth-order valence-corrected chi connectivity index (χ4v) is 3.36. The molecule has 5 heteroatoms. The van der Waals surface area contributed by atoms with E-state index in [1.54, 1.807) is 23.1 Å². The number of rotatable bonds is 7. The molecule has 20 heavy (non-hydrogen) atoms. The van der Waals surface area contributed by atoms with Crippen molar-refractivity contribution in [3.63, 3.8) is 0 Å². The van der Waals surface area contributed by atoms with Crippen molar-refractivity contribution in [2.75, 3.05) is 12.9 Å². The first-order valence-corrected chi connectivity index (χ1v) is 8.78. The molecule has 0 aliphatic rings. The van der Waals surface area contributed by atoms with Crippen molar-refractivity contribution >= 4 is 23.1 Å². The Labute approximate surface area is 128 Å². The summed E-state index contributed by atoms with van der Waals surface area (Å²) in [6.07, 6.45) is 2.02. The highest BCUT2D eigenvalue weighted by Crippen LogP contribution is 2.21. The molecule has 2 N–H and O–H groups in total. The van der Waals surface area contributed by atoms with Crippen LogP contribution >= 0.6 is 23.1 Å². The maximum Gasteiger partial charge on any atom is 0.107 e. The van der Waals surface area contributed by atoms with Crippen molar-refractivity contribution in [3.8, 4) is 11.3 Å². The standard InChI is InChI=1S/C15H20N2OS2/c1-11(14(9-18)19-2)16-8-15-17-13(10-20-15)12-6-4-3-5-7-12/h3-7,10-11,14,16,18H,8-9H2,1-2H3. The number of nitrogens with one attached hydrogen (secondary N) is 1. The second-order valence-corrected chi connectivity index (χ2v) is 6.64. The van der Waals surface area contributed by atoms with Crippen molar-refractivity contribution in [2.45, 2.75) is 24.8 Å². The third kappa shape index (κ3) is 4.06. The molecule has 0 saturated carbocycles. The monoisotopic (exact) mass is 308 g/mol. The minimum Gasteiger partial charge on any atom is -0.395 e. The minimum atomic E-state index is 0.197. The summed E-state index contributed by atoms with van der Waals surface area (Å²) in [7, 11) is 0. The summed E-state index contributed by atoms with van der Waals surface area (Å²) < 4.78 is 0. The van der Waals surface area contributed by atoms with Crippen molar-refractivity contribution in [1.82, 2.24) is 10.3 Å². The van der Waals surface area contributed by atoms with Crippen LogP contribution in [-0.4, -0.2) is 34.2 Å². The molecule has 2 unspecified atom stereocenters. The highest BCUT2D eigenvalue weighted by Gasteiger charge is 2.15. The first-order valence-electron chi connectivity index (χ1n) is 6.61. The van der Waals surface area contributed by atoms with Crippen LogP contribution in [0.1, 0.15) is 11.9 Å². The number of aromatic nitrogens is 1. The summed E-state index contributed by atoms with van der Waals surface area (Å²) in [5.41, 5.74) is 2.18. The molecule has 0 spiro atoms. The minimum absolute atomic E-state index is 0.197. The zero-order valence-electron chi connectivity index (χ0n) is 11.7. The average molecular weight is 308 g/mol. The predicted molar refractivity (Wildman–Crippen MR) is 88.2 cm³/mol. The van der Waals surface area contributed by atoms with Crippen molar-refractivity contribution in [1.29, 1.82) is 0 Å². The van der Waals surface area contributed by atoms with Crippen LogP contribution in [-0.2, 0) is 6.54 Å². The van der Waals surface area contributed by atoms with Crippen LogP contribution in [0.25, 0.3) is 11.3 Å². The fraction of sp³-hybridized carbons (Fsp3) is 0.400. The lowest BCUT2D eigenvalue weighted by atomic mass is 10.2. The Morgan fingerprint density at radius 3 is 2.75 bits per heavy atom. The van der Waals surface area contributed by atoms with Crippen LogP contribution in [0, 0.1) is 0 Å². The number of thioether (sulfide) groups is 1. The molecule has 1 aromatic heterocycles. The second-order valence-electron chi connectivity index (χ2n) is 4.62. The van der Waals surface area contributed by atoms with Crippen molar-refractivity contribution in [2.24, 2.45) is 0 Å². The number of thiazole rings is 1. The molecule has 0 fully saturated rings. The number of hydrogen-bond acceptors (Lipinski definition) is 5. The molecule has 1 heterocycles. The van der Waals surface area contributed by atoms with E-state index in [9.17, 15) is 5.11 Å². The van der Waals surface area contributed by atoms with Crippen molar-refractivity contribution in [3.05, 3.63) is 40.7 Å². The average Bonchev–Trinajstić information content (AvgIpc) is 2.96. The van der Waals surface area contributed by atoms with Gasteiger partial charge in [-0.2, -0.15) is 11.8 Å². The molecule has 1 aromatic carbocycles. The van der Waals surface area contributed by atoms with E-state index in [2.05, 4.69) is 34.7 Å². The maximum absolute atomic E-state index is 9.27. The predicted octanol–water partition coefficient (Wildman–Crippen LogP) is 3.01. The van der Waals surface area contributed by atoms with Gasteiger partial charge in [-0.1, -0.05) is 30.3 Å². The molecule has 0 bridgehead atoms. The molecular formula is C15H20N2OS2. The van der Waals surface area contributed by atoms with Gasteiger partial charge < -0.3 is 10.4 Å². The van der Waals surface area contributed by atoms with Gasteiger partial charge in [0, 0.05) is 28.8 Å². The van der Waals surface area contributed by atoms with Crippen LogP contribution in [0.4, 0.5) is 0 Å². The molecule has 2 rings (SSSR count). The van der Waals surface area contributed by atoms with Gasteiger partial charge in [0.05, 0.1) is 12.3 Å². The van der Waals surface area contributed by atoms with Gasteiger partial charge in [0.2, 0.25) is 0 Å². The smallest absolute Gasteiger partial charge is 0.107 e. The summed E-state index contributed by atoms with van der Waals surface area (Å²) in [5, 5.41) is 16.1. The van der Waals surface area contributed by atoms with Gasteiger partial charge in [-0.05, 0) is 13.2 Å². The summed E-state index contributed by atoms with van der Waals surface area (Å²) >= 11 is 3.36. The Hall–Kier alpha value is -0.880. The summed E-state index contributed by atoms with van der Waals surface area (Å²) in [6.45, 7) is 3.04.